The second-order valence-electron chi connectivity index (χ2n) is 4.47. The standard InChI is InChI=1S/C10H15N5O2/c1-5(2)15-6-7(12-9(15)11)13(3)10(17)14(4)8(6)16/h5-6,11H,1-4H3/p+1. The molecule has 1 fully saturated rings. The molecule has 1 unspecified atom stereocenters. The molecule has 17 heavy (non-hydrogen) atoms. The molecule has 0 saturated carbocycles. The Labute approximate surface area is 99.2 Å². The van der Waals surface area contributed by atoms with Gasteiger partial charge in [-0.05, 0) is 13.8 Å². The van der Waals surface area contributed by atoms with Crippen molar-refractivity contribution in [2.45, 2.75) is 25.9 Å². The monoisotopic (exact) mass is 238 g/mol. The molecule has 1 atom stereocenters. The van der Waals surface area contributed by atoms with Crippen LogP contribution in [0.4, 0.5) is 4.79 Å². The van der Waals surface area contributed by atoms with E-state index in [9.17, 15) is 9.59 Å². The van der Waals surface area contributed by atoms with Crippen LogP contribution in [0.15, 0.2) is 4.99 Å². The van der Waals surface area contributed by atoms with Crippen LogP contribution in [-0.4, -0.2) is 64.3 Å². The number of aliphatic imine (C=N–C) groups is 1. The molecule has 1 saturated heterocycles. The smallest absolute Gasteiger partial charge is 0.288 e. The molecule has 0 aliphatic carbocycles. The lowest BCUT2D eigenvalue weighted by atomic mass is 10.1. The van der Waals surface area contributed by atoms with E-state index in [1.807, 2.05) is 13.8 Å². The first-order valence-corrected chi connectivity index (χ1v) is 5.41. The average molecular weight is 238 g/mol. The number of fused-ring (bicyclic) bond motifs is 1. The van der Waals surface area contributed by atoms with E-state index in [0.29, 0.717) is 5.84 Å². The van der Waals surface area contributed by atoms with Gasteiger partial charge in [-0.2, -0.15) is 0 Å². The maximum atomic E-state index is 12.1. The van der Waals surface area contributed by atoms with Crippen molar-refractivity contribution in [3.8, 4) is 0 Å². The summed E-state index contributed by atoms with van der Waals surface area (Å²) in [5, 5.41) is 0. The SMILES string of the molecule is CC(C)[N+]1=C(N)N=C2C1C(=O)N(C)C(=O)N2C. The van der Waals surface area contributed by atoms with Gasteiger partial charge in [0.15, 0.2) is 0 Å². The van der Waals surface area contributed by atoms with Gasteiger partial charge in [0.2, 0.25) is 11.9 Å². The van der Waals surface area contributed by atoms with Crippen LogP contribution in [0.3, 0.4) is 0 Å². The summed E-state index contributed by atoms with van der Waals surface area (Å²) in [5.74, 6) is 0.397. The number of guanidine groups is 1. The number of hydrogen-bond donors (Lipinski definition) is 1. The van der Waals surface area contributed by atoms with Gasteiger partial charge in [-0.15, -0.1) is 0 Å². The third-order valence-electron chi connectivity index (χ3n) is 3.05. The third kappa shape index (κ3) is 1.42. The van der Waals surface area contributed by atoms with Crippen molar-refractivity contribution in [1.82, 2.24) is 9.80 Å². The number of amides is 3. The zero-order valence-electron chi connectivity index (χ0n) is 10.3. The van der Waals surface area contributed by atoms with Crippen LogP contribution in [0.2, 0.25) is 0 Å². The first-order chi connectivity index (χ1) is 7.86. The lowest BCUT2D eigenvalue weighted by molar-refractivity contribution is -0.566. The predicted molar refractivity (Wildman–Crippen MR) is 61.7 cm³/mol. The number of carbonyl (C=O) groups excluding carboxylic acids is 2. The minimum absolute atomic E-state index is 0.0419. The summed E-state index contributed by atoms with van der Waals surface area (Å²) in [7, 11) is 3.05. The highest BCUT2D eigenvalue weighted by Crippen LogP contribution is 2.19. The number of nitrogens with two attached hydrogens (primary N) is 1. The van der Waals surface area contributed by atoms with Gasteiger partial charge in [-0.3, -0.25) is 20.3 Å². The second kappa shape index (κ2) is 3.54. The Hall–Kier alpha value is -1.92. The lowest BCUT2D eigenvalue weighted by Crippen LogP contribution is -2.62. The van der Waals surface area contributed by atoms with E-state index in [2.05, 4.69) is 4.99 Å². The predicted octanol–water partition coefficient (Wildman–Crippen LogP) is -0.973. The number of carbonyl (C=O) groups is 2. The van der Waals surface area contributed by atoms with E-state index < -0.39 is 6.04 Å². The van der Waals surface area contributed by atoms with Crippen LogP contribution < -0.4 is 5.73 Å². The highest BCUT2D eigenvalue weighted by atomic mass is 16.2. The summed E-state index contributed by atoms with van der Waals surface area (Å²) in [6, 6.07) is -0.925. The van der Waals surface area contributed by atoms with Crippen LogP contribution in [0.25, 0.3) is 0 Å². The largest absolute Gasteiger partial charge is 0.387 e. The van der Waals surface area contributed by atoms with Crippen molar-refractivity contribution in [3.05, 3.63) is 0 Å². The van der Waals surface area contributed by atoms with Crippen molar-refractivity contribution in [1.29, 1.82) is 0 Å². The number of amidine groups is 1. The van der Waals surface area contributed by atoms with Crippen molar-refractivity contribution in [2.75, 3.05) is 14.1 Å². The molecular weight excluding hydrogens is 222 g/mol. The fourth-order valence-electron chi connectivity index (χ4n) is 2.14. The molecule has 0 bridgehead atoms. The number of imide groups is 1. The van der Waals surface area contributed by atoms with Crippen LogP contribution in [0.1, 0.15) is 13.8 Å². The van der Waals surface area contributed by atoms with Gasteiger partial charge in [0.05, 0.1) is 6.04 Å². The van der Waals surface area contributed by atoms with E-state index in [0.717, 1.165) is 4.90 Å². The maximum Gasteiger partial charge on any atom is 0.387 e. The number of nitrogens with zero attached hydrogens (tertiary/aromatic N) is 4. The molecular formula is C10H16N5O2+. The molecule has 2 aliphatic rings. The van der Waals surface area contributed by atoms with Crippen molar-refractivity contribution in [2.24, 2.45) is 10.7 Å². The Kier molecular flexibility index (Phi) is 2.41. The third-order valence-corrected chi connectivity index (χ3v) is 3.05. The van der Waals surface area contributed by atoms with Crippen molar-refractivity contribution < 1.29 is 14.2 Å². The fraction of sp³-hybridized carbons (Fsp3) is 0.600. The molecule has 0 aromatic heterocycles. The van der Waals surface area contributed by atoms with E-state index in [1.165, 1.54) is 11.9 Å². The Morgan fingerprint density at radius 2 is 1.88 bits per heavy atom. The molecule has 0 spiro atoms. The second-order valence-corrected chi connectivity index (χ2v) is 4.47. The van der Waals surface area contributed by atoms with Gasteiger partial charge in [0, 0.05) is 14.1 Å². The summed E-state index contributed by atoms with van der Waals surface area (Å²) in [6.07, 6.45) is 0. The Balaban J connectivity index is 2.49. The lowest BCUT2D eigenvalue weighted by Gasteiger charge is -2.32. The fourth-order valence-corrected chi connectivity index (χ4v) is 2.14. The molecule has 0 aromatic rings. The Morgan fingerprint density at radius 3 is 2.41 bits per heavy atom. The van der Waals surface area contributed by atoms with Gasteiger partial charge in [-0.25, -0.2) is 9.37 Å². The minimum atomic E-state index is -0.581. The van der Waals surface area contributed by atoms with E-state index in [1.54, 1.807) is 11.6 Å². The summed E-state index contributed by atoms with van der Waals surface area (Å²) in [4.78, 5) is 30.4. The van der Waals surface area contributed by atoms with Crippen molar-refractivity contribution >= 4 is 23.7 Å². The average Bonchev–Trinajstić information content (AvgIpc) is 2.61. The van der Waals surface area contributed by atoms with Crippen LogP contribution in [0.5, 0.6) is 0 Å². The molecule has 7 nitrogen and oxygen atoms in total. The number of hydrogen-bond acceptors (Lipinski definition) is 4. The van der Waals surface area contributed by atoms with Gasteiger partial charge in [0.1, 0.15) is 0 Å². The summed E-state index contributed by atoms with van der Waals surface area (Å²) in [6.45, 7) is 3.85. The molecule has 92 valence electrons. The first kappa shape index (κ1) is 11.6. The molecule has 0 aromatic carbocycles. The summed E-state index contributed by atoms with van der Waals surface area (Å²) >= 11 is 0. The number of likely N-dealkylation sites (N-methyl/N-ethyl adjacent to an activating group) is 2. The van der Waals surface area contributed by atoms with E-state index in [4.69, 9.17) is 5.73 Å². The van der Waals surface area contributed by atoms with Crippen LogP contribution >= 0.6 is 0 Å². The van der Waals surface area contributed by atoms with Gasteiger partial charge < -0.3 is 0 Å². The maximum absolute atomic E-state index is 12.1. The molecule has 2 rings (SSSR count). The minimum Gasteiger partial charge on any atom is -0.288 e. The molecule has 2 N–H and O–H groups in total. The van der Waals surface area contributed by atoms with E-state index >= 15 is 0 Å². The summed E-state index contributed by atoms with van der Waals surface area (Å²) in [5.41, 5.74) is 5.80. The Bertz CT molecular complexity index is 465. The number of rotatable bonds is 1. The van der Waals surface area contributed by atoms with Gasteiger partial charge in [0.25, 0.3) is 5.91 Å². The van der Waals surface area contributed by atoms with Crippen LogP contribution in [-0.2, 0) is 4.79 Å². The van der Waals surface area contributed by atoms with E-state index in [-0.39, 0.29) is 23.9 Å². The number of urea groups is 1. The normalized spacial score (nSPS) is 24.8. The van der Waals surface area contributed by atoms with Gasteiger partial charge >= 0.3 is 12.0 Å². The molecule has 2 heterocycles. The van der Waals surface area contributed by atoms with Crippen molar-refractivity contribution in [3.63, 3.8) is 0 Å². The molecule has 2 aliphatic heterocycles. The topological polar surface area (TPSA) is 82.0 Å². The molecule has 0 radical (unpaired) electrons. The summed E-state index contributed by atoms with van der Waals surface area (Å²) < 4.78 is 1.72. The quantitative estimate of drug-likeness (QED) is 0.596. The zero-order chi connectivity index (χ0) is 12.9. The highest BCUT2D eigenvalue weighted by molar-refractivity contribution is 6.22. The zero-order valence-corrected chi connectivity index (χ0v) is 10.3. The first-order valence-electron chi connectivity index (χ1n) is 5.41. The molecule has 3 amide bonds. The molecule has 7 heteroatoms. The van der Waals surface area contributed by atoms with Crippen LogP contribution in [0, 0.1) is 0 Å². The highest BCUT2D eigenvalue weighted by Gasteiger charge is 2.51. The Morgan fingerprint density at radius 1 is 1.29 bits per heavy atom. The van der Waals surface area contributed by atoms with Gasteiger partial charge in [-0.1, -0.05) is 4.99 Å².